The number of nitrogens with one attached hydrogen (secondary N) is 1. The van der Waals surface area contributed by atoms with Crippen LogP contribution >= 0.6 is 0 Å². The van der Waals surface area contributed by atoms with Crippen molar-refractivity contribution in [2.45, 2.75) is 128 Å². The number of hydrogen-bond acceptors (Lipinski definition) is 8. The van der Waals surface area contributed by atoms with E-state index in [1.165, 1.54) is 24.0 Å². The number of likely N-dealkylation sites (tertiary alicyclic amines) is 1. The van der Waals surface area contributed by atoms with Crippen LogP contribution in [0, 0.1) is 28.6 Å². The van der Waals surface area contributed by atoms with Gasteiger partial charge in [-0.15, -0.1) is 0 Å². The second kappa shape index (κ2) is 11.9. The number of fused-ring (bicyclic) bond motifs is 2. The van der Waals surface area contributed by atoms with Crippen molar-refractivity contribution in [2.75, 3.05) is 20.2 Å². The summed E-state index contributed by atoms with van der Waals surface area (Å²) in [6, 6.07) is 12.9. The van der Waals surface area contributed by atoms with Gasteiger partial charge in [0.25, 0.3) is 0 Å². The topological polar surface area (TPSA) is 107 Å². The molecule has 2 spiro atoms. The van der Waals surface area contributed by atoms with E-state index in [0.29, 0.717) is 17.5 Å². The van der Waals surface area contributed by atoms with Crippen molar-refractivity contribution < 1.29 is 33.6 Å². The molecule has 2 N–H and O–H groups in total. The maximum atomic E-state index is 13.6. The lowest BCUT2D eigenvalue weighted by Gasteiger charge is -2.75. The molecule has 0 unspecified atom stereocenters. The smallest absolute Gasteiger partial charge is 0.413 e. The van der Waals surface area contributed by atoms with Gasteiger partial charge in [0.1, 0.15) is 24.4 Å². The first-order valence-corrected chi connectivity index (χ1v) is 19.2. The number of ether oxygens (including phenoxy) is 4. The van der Waals surface area contributed by atoms with E-state index in [-0.39, 0.29) is 40.8 Å². The Morgan fingerprint density at radius 2 is 1.80 bits per heavy atom. The third kappa shape index (κ3) is 5.03. The van der Waals surface area contributed by atoms with Crippen LogP contribution < -0.4 is 14.8 Å². The third-order valence-corrected chi connectivity index (χ3v) is 14.5. The molecule has 4 saturated carbocycles. The minimum Gasteiger partial charge on any atom is -0.482 e. The average Bonchev–Trinajstić information content (AvgIpc) is 3.84. The molecule has 2 aliphatic heterocycles. The summed E-state index contributed by atoms with van der Waals surface area (Å²) in [5.41, 5.74) is 0.744. The molecule has 9 heteroatoms. The van der Waals surface area contributed by atoms with Crippen molar-refractivity contribution in [1.29, 1.82) is 0 Å². The molecule has 51 heavy (non-hydrogen) atoms. The van der Waals surface area contributed by atoms with E-state index in [1.807, 2.05) is 57.2 Å². The van der Waals surface area contributed by atoms with Crippen LogP contribution in [0.15, 0.2) is 42.5 Å². The first-order valence-electron chi connectivity index (χ1n) is 19.2. The number of aliphatic hydroxyl groups is 1. The third-order valence-electron chi connectivity index (χ3n) is 14.5. The Labute approximate surface area is 302 Å². The highest BCUT2D eigenvalue weighted by Crippen LogP contribution is 2.78. The van der Waals surface area contributed by atoms with E-state index in [0.717, 1.165) is 56.7 Å². The van der Waals surface area contributed by atoms with Crippen LogP contribution in [0.5, 0.6) is 11.5 Å². The number of carbonyl (C=O) groups excluding carboxylic acids is 2. The van der Waals surface area contributed by atoms with Crippen LogP contribution in [-0.4, -0.2) is 71.7 Å². The Morgan fingerprint density at radius 3 is 2.47 bits per heavy atom. The van der Waals surface area contributed by atoms with Crippen molar-refractivity contribution >= 4 is 12.1 Å². The number of amides is 1. The Kier molecular flexibility index (Phi) is 8.17. The van der Waals surface area contributed by atoms with Gasteiger partial charge in [0.05, 0.1) is 5.60 Å². The lowest BCUT2D eigenvalue weighted by Crippen LogP contribution is -2.83. The zero-order chi connectivity index (χ0) is 36.1. The first-order chi connectivity index (χ1) is 24.2. The second-order valence-electron chi connectivity index (χ2n) is 18.1. The van der Waals surface area contributed by atoms with Gasteiger partial charge >= 0.3 is 12.1 Å². The molecular formula is C42H56N2O7. The molecule has 276 valence electrons. The Morgan fingerprint density at radius 1 is 1.06 bits per heavy atom. The van der Waals surface area contributed by atoms with E-state index >= 15 is 0 Å². The molecule has 1 saturated heterocycles. The number of hydrogen-bond donors (Lipinski definition) is 2. The zero-order valence-electron chi connectivity index (χ0n) is 31.4. The summed E-state index contributed by atoms with van der Waals surface area (Å²) >= 11 is 0. The molecule has 9 rings (SSSR count). The van der Waals surface area contributed by atoms with Crippen LogP contribution in [-0.2, 0) is 32.7 Å². The predicted octanol–water partition coefficient (Wildman–Crippen LogP) is 6.56. The van der Waals surface area contributed by atoms with Gasteiger partial charge in [-0.05, 0) is 92.9 Å². The van der Waals surface area contributed by atoms with Crippen molar-refractivity contribution in [3.63, 3.8) is 0 Å². The Balaban J connectivity index is 1.14. The minimum absolute atomic E-state index is 0.116. The first kappa shape index (κ1) is 34.9. The van der Waals surface area contributed by atoms with E-state index in [4.69, 9.17) is 18.9 Å². The summed E-state index contributed by atoms with van der Waals surface area (Å²) in [4.78, 5) is 29.6. The van der Waals surface area contributed by atoms with Gasteiger partial charge in [0.2, 0.25) is 0 Å². The van der Waals surface area contributed by atoms with Crippen LogP contribution in [0.2, 0.25) is 0 Å². The van der Waals surface area contributed by atoms with Crippen molar-refractivity contribution in [2.24, 2.45) is 28.6 Å². The lowest BCUT2D eigenvalue weighted by atomic mass is 9.33. The van der Waals surface area contributed by atoms with E-state index in [9.17, 15) is 14.7 Å². The summed E-state index contributed by atoms with van der Waals surface area (Å²) in [6.07, 6.45) is 6.10. The fraction of sp³-hybridized carbons (Fsp3) is 0.667. The molecular weight excluding hydrogens is 644 g/mol. The number of carbonyl (C=O) groups is 2. The number of benzene rings is 2. The van der Waals surface area contributed by atoms with Crippen molar-refractivity contribution in [3.05, 3.63) is 59.2 Å². The predicted molar refractivity (Wildman–Crippen MR) is 193 cm³/mol. The fourth-order valence-corrected chi connectivity index (χ4v) is 11.2. The Hall–Kier alpha value is -3.14. The Bertz CT molecular complexity index is 1700. The molecule has 8 atom stereocenters. The molecule has 2 aromatic rings. The van der Waals surface area contributed by atoms with Gasteiger partial charge in [-0.3, -0.25) is 4.90 Å². The molecule has 4 bridgehead atoms. The number of piperidine rings is 1. The van der Waals surface area contributed by atoms with Gasteiger partial charge < -0.3 is 29.4 Å². The van der Waals surface area contributed by atoms with E-state index in [2.05, 4.69) is 37.1 Å². The number of nitrogens with zero attached hydrogens (tertiary/aromatic N) is 1. The standard InChI is InChI=1S/C42H56N2O7/c1-25(2)33(35(45)49-24-27-11-9-8-10-12-27)43-37(46)50-29-16-15-28-21-31-40-17-18-42(48-7,30(22-40)39(6,47)38(3,4)5)36-41(40,32(28)34(29)51-36)19-20-44(31)23-26-13-14-26/h8-12,15-16,25-26,30-31,33,36,47H,13-14,17-24H2,1-7H3,(H,43,46)/t30-,31-,33-,36-,39-,40-,41+,42+/m1/s1. The molecule has 2 aromatic carbocycles. The highest BCUT2D eigenvalue weighted by atomic mass is 16.6. The monoisotopic (exact) mass is 700 g/mol. The quantitative estimate of drug-likeness (QED) is 0.269. The minimum atomic E-state index is -1.02. The molecule has 7 aliphatic rings. The normalized spacial score (nSPS) is 33.5. The number of esters is 1. The highest BCUT2D eigenvalue weighted by Gasteiger charge is 2.82. The summed E-state index contributed by atoms with van der Waals surface area (Å²) in [6.45, 7) is 14.4. The largest absolute Gasteiger partial charge is 0.482 e. The summed E-state index contributed by atoms with van der Waals surface area (Å²) in [5, 5.41) is 15.3. The van der Waals surface area contributed by atoms with Crippen LogP contribution in [0.25, 0.3) is 0 Å². The highest BCUT2D eigenvalue weighted by molar-refractivity contribution is 5.83. The van der Waals surface area contributed by atoms with Crippen molar-refractivity contribution in [3.8, 4) is 11.5 Å². The van der Waals surface area contributed by atoms with Gasteiger partial charge in [0, 0.05) is 42.0 Å². The van der Waals surface area contributed by atoms with Gasteiger partial charge in [-0.25, -0.2) is 9.59 Å². The van der Waals surface area contributed by atoms with E-state index < -0.39 is 29.3 Å². The van der Waals surface area contributed by atoms with Crippen molar-refractivity contribution in [1.82, 2.24) is 10.2 Å². The molecule has 2 heterocycles. The average molecular weight is 701 g/mol. The maximum absolute atomic E-state index is 13.6. The van der Waals surface area contributed by atoms with Crippen LogP contribution in [0.3, 0.4) is 0 Å². The SMILES string of the molecule is CO[C@@]12CC[C@@]3(C[C@@H]1[C@@](C)(O)C(C)(C)C)[C@H]1Cc4ccc(OC(=O)N[C@@H](C(=O)OCc5ccccc5)C(C)C)c5c4[C@@]3(CCN1CC1CC1)[C@H]2O5. The van der Waals surface area contributed by atoms with E-state index in [1.54, 1.807) is 7.11 Å². The van der Waals surface area contributed by atoms with Gasteiger partial charge in [0.15, 0.2) is 11.5 Å². The van der Waals surface area contributed by atoms with Crippen LogP contribution in [0.1, 0.15) is 96.8 Å². The fourth-order valence-electron chi connectivity index (χ4n) is 11.2. The molecule has 5 fully saturated rings. The number of rotatable bonds is 10. The lowest BCUT2D eigenvalue weighted by molar-refractivity contribution is -0.312. The number of methoxy groups -OCH3 is 1. The molecule has 1 amide bonds. The molecule has 9 nitrogen and oxygen atoms in total. The van der Waals surface area contributed by atoms with Crippen LogP contribution in [0.4, 0.5) is 4.79 Å². The maximum Gasteiger partial charge on any atom is 0.413 e. The molecule has 5 aliphatic carbocycles. The molecule has 0 radical (unpaired) electrons. The summed E-state index contributed by atoms with van der Waals surface area (Å²) < 4.78 is 25.7. The summed E-state index contributed by atoms with van der Waals surface area (Å²) in [5.74, 6) is 0.874. The second-order valence-corrected chi connectivity index (χ2v) is 18.1. The zero-order valence-corrected chi connectivity index (χ0v) is 31.4. The summed E-state index contributed by atoms with van der Waals surface area (Å²) in [7, 11) is 1.80. The van der Waals surface area contributed by atoms with Gasteiger partial charge in [-0.2, -0.15) is 0 Å². The molecule has 0 aromatic heterocycles. The van der Waals surface area contributed by atoms with Gasteiger partial charge in [-0.1, -0.05) is 71.0 Å².